The predicted octanol–water partition coefficient (Wildman–Crippen LogP) is 2.52. The Kier molecular flexibility index (Phi) is 3.57. The minimum atomic E-state index is -0.611. The summed E-state index contributed by atoms with van der Waals surface area (Å²) in [5.41, 5.74) is 0.354. The van der Waals surface area contributed by atoms with Gasteiger partial charge in [-0.2, -0.15) is 0 Å². The van der Waals surface area contributed by atoms with Gasteiger partial charge in [0.2, 0.25) is 0 Å². The maximum atomic E-state index is 12.9. The smallest absolute Gasteiger partial charge is 0.262 e. The third-order valence-corrected chi connectivity index (χ3v) is 6.63. The average Bonchev–Trinajstić information content (AvgIpc) is 3.32. The molecule has 7 nitrogen and oxygen atoms in total. The van der Waals surface area contributed by atoms with Crippen LogP contribution >= 0.6 is 31.9 Å². The van der Waals surface area contributed by atoms with Crippen LogP contribution in [-0.2, 0) is 19.2 Å². The molecule has 2 N–H and O–H groups in total. The van der Waals surface area contributed by atoms with Crippen LogP contribution in [0.1, 0.15) is 0 Å². The number of hydrogen-bond acceptors (Lipinski definition) is 6. The molecule has 2 bridgehead atoms. The molecule has 2 fully saturated rings. The number of halogens is 2. The molecule has 5 rings (SSSR count). The lowest BCUT2D eigenvalue weighted by molar-refractivity contribution is -0.125. The Bertz CT molecular complexity index is 897. The summed E-state index contributed by atoms with van der Waals surface area (Å²) >= 11 is 6.68. The van der Waals surface area contributed by atoms with Crippen LogP contribution < -0.4 is 5.32 Å². The van der Waals surface area contributed by atoms with Crippen molar-refractivity contribution in [3.63, 3.8) is 0 Å². The largest absolute Gasteiger partial charge is 0.511 e. The number of anilines is 1. The summed E-state index contributed by atoms with van der Waals surface area (Å²) in [5.74, 6) is -2.52. The van der Waals surface area contributed by atoms with E-state index in [0.717, 1.165) is 4.47 Å². The van der Waals surface area contributed by atoms with Crippen LogP contribution in [0.2, 0.25) is 0 Å². The predicted molar refractivity (Wildman–Crippen MR) is 97.8 cm³/mol. The summed E-state index contributed by atoms with van der Waals surface area (Å²) in [6.07, 6.45) is -1.31. The molecule has 9 heteroatoms. The summed E-state index contributed by atoms with van der Waals surface area (Å²) in [7, 11) is 0. The summed E-state index contributed by atoms with van der Waals surface area (Å²) in [5, 5.41) is 17.2. The Hall–Kier alpha value is -1.71. The lowest BCUT2D eigenvalue weighted by Gasteiger charge is -2.27. The molecule has 1 amide bonds. The van der Waals surface area contributed by atoms with Crippen LogP contribution in [0.5, 0.6) is 0 Å². The number of nitrogens with one attached hydrogen (secondary N) is 1. The molecule has 26 heavy (non-hydrogen) atoms. The number of oxime groups is 1. The normalized spacial score (nSPS) is 36.7. The third kappa shape index (κ3) is 2.10. The molecule has 3 heterocycles. The fourth-order valence-corrected chi connectivity index (χ4v) is 5.23. The minimum Gasteiger partial charge on any atom is -0.511 e. The number of Topliss-reactive ketones (excluding diaryl/α,β-unsaturated/α-hetero) is 1. The van der Waals surface area contributed by atoms with E-state index in [4.69, 9.17) is 9.57 Å². The van der Waals surface area contributed by atoms with E-state index in [1.54, 1.807) is 24.3 Å². The zero-order valence-corrected chi connectivity index (χ0v) is 16.2. The van der Waals surface area contributed by atoms with Crippen molar-refractivity contribution in [3.05, 3.63) is 40.1 Å². The number of rotatable bonds is 2. The molecule has 0 radical (unpaired) electrons. The van der Waals surface area contributed by atoms with E-state index in [-0.39, 0.29) is 23.4 Å². The molecule has 1 aliphatic carbocycles. The maximum absolute atomic E-state index is 12.9. The van der Waals surface area contributed by atoms with Gasteiger partial charge in [0.05, 0.1) is 23.9 Å². The van der Waals surface area contributed by atoms with E-state index in [9.17, 15) is 14.7 Å². The first-order valence-electron chi connectivity index (χ1n) is 8.06. The van der Waals surface area contributed by atoms with Crippen LogP contribution in [0.4, 0.5) is 5.69 Å². The van der Waals surface area contributed by atoms with Gasteiger partial charge in [-0.3, -0.25) is 9.59 Å². The topological polar surface area (TPSA) is 97.2 Å². The van der Waals surface area contributed by atoms with Gasteiger partial charge >= 0.3 is 0 Å². The van der Waals surface area contributed by atoms with Gasteiger partial charge < -0.3 is 20.0 Å². The molecule has 6 atom stereocenters. The molecule has 134 valence electrons. The number of aliphatic hydroxyl groups excluding tert-OH is 1. The summed E-state index contributed by atoms with van der Waals surface area (Å²) in [6, 6.07) is 6.97. The number of carbonyl (C=O) groups excluding carboxylic acids is 2. The lowest BCUT2D eigenvalue weighted by Crippen LogP contribution is -2.44. The van der Waals surface area contributed by atoms with Gasteiger partial charge in [-0.15, -0.1) is 0 Å². The molecule has 3 aliphatic heterocycles. The van der Waals surface area contributed by atoms with Crippen LogP contribution in [0.15, 0.2) is 45.2 Å². The van der Waals surface area contributed by atoms with Crippen molar-refractivity contribution in [2.24, 2.45) is 22.9 Å². The molecular weight excluding hydrogens is 472 g/mol. The molecule has 0 saturated carbocycles. The van der Waals surface area contributed by atoms with Crippen molar-refractivity contribution in [1.82, 2.24) is 0 Å². The summed E-state index contributed by atoms with van der Waals surface area (Å²) in [6.45, 7) is 0. The lowest BCUT2D eigenvalue weighted by atomic mass is 9.74. The molecule has 0 spiro atoms. The number of ketones is 1. The van der Waals surface area contributed by atoms with E-state index in [1.165, 1.54) is 0 Å². The van der Waals surface area contributed by atoms with Gasteiger partial charge in [0, 0.05) is 10.2 Å². The van der Waals surface area contributed by atoms with Crippen LogP contribution in [-0.4, -0.2) is 39.7 Å². The molecule has 4 aliphatic rings. The van der Waals surface area contributed by atoms with Crippen molar-refractivity contribution in [2.75, 3.05) is 5.32 Å². The molecule has 1 aromatic carbocycles. The Labute approximate surface area is 164 Å². The Balaban J connectivity index is 1.45. The van der Waals surface area contributed by atoms with E-state index in [1.807, 2.05) is 0 Å². The Morgan fingerprint density at radius 3 is 2.54 bits per heavy atom. The van der Waals surface area contributed by atoms with Crippen molar-refractivity contribution in [3.8, 4) is 0 Å². The molecule has 6 unspecified atom stereocenters. The second-order valence-electron chi connectivity index (χ2n) is 6.71. The zero-order valence-electron chi connectivity index (χ0n) is 13.1. The first kappa shape index (κ1) is 16.5. The van der Waals surface area contributed by atoms with Gasteiger partial charge in [0.15, 0.2) is 11.9 Å². The number of fused-ring (bicyclic) bond motifs is 8. The highest BCUT2D eigenvalue weighted by atomic mass is 79.9. The second-order valence-corrected chi connectivity index (χ2v) is 8.44. The van der Waals surface area contributed by atoms with Gasteiger partial charge in [0.1, 0.15) is 22.1 Å². The quantitative estimate of drug-likeness (QED) is 0.630. The number of amides is 1. The highest BCUT2D eigenvalue weighted by Gasteiger charge is 2.70. The third-order valence-electron chi connectivity index (χ3n) is 5.43. The molecular formula is C17H12Br2N2O5. The monoisotopic (exact) mass is 482 g/mol. The fraction of sp³-hybridized carbons (Fsp3) is 0.353. The summed E-state index contributed by atoms with van der Waals surface area (Å²) in [4.78, 5) is 30.9. The average molecular weight is 484 g/mol. The van der Waals surface area contributed by atoms with Crippen molar-refractivity contribution in [1.29, 1.82) is 0 Å². The van der Waals surface area contributed by atoms with Gasteiger partial charge in [0.25, 0.3) is 5.91 Å². The molecule has 2 saturated heterocycles. The van der Waals surface area contributed by atoms with Crippen molar-refractivity contribution >= 4 is 53.9 Å². The van der Waals surface area contributed by atoms with Crippen LogP contribution in [0.25, 0.3) is 0 Å². The van der Waals surface area contributed by atoms with Gasteiger partial charge in [-0.25, -0.2) is 0 Å². The van der Waals surface area contributed by atoms with E-state index < -0.39 is 35.7 Å². The SMILES string of the molecule is O=C(Nc1ccc(Br)cc1)C1=C(O)C2C3OC(C4ON=C(Br)C43)C2C1=O. The molecule has 1 aromatic rings. The van der Waals surface area contributed by atoms with Crippen LogP contribution in [0, 0.1) is 17.8 Å². The second kappa shape index (κ2) is 5.64. The Morgan fingerprint density at radius 2 is 1.81 bits per heavy atom. The number of aliphatic hydroxyl groups is 1. The number of hydrogen-bond donors (Lipinski definition) is 2. The molecule has 0 aromatic heterocycles. The minimum absolute atomic E-state index is 0.162. The zero-order chi connectivity index (χ0) is 18.2. The number of carbonyl (C=O) groups is 2. The highest BCUT2D eigenvalue weighted by molar-refractivity contribution is 9.18. The highest BCUT2D eigenvalue weighted by Crippen LogP contribution is 2.56. The van der Waals surface area contributed by atoms with Crippen molar-refractivity contribution in [2.45, 2.75) is 18.3 Å². The maximum Gasteiger partial charge on any atom is 0.262 e. The van der Waals surface area contributed by atoms with E-state index >= 15 is 0 Å². The van der Waals surface area contributed by atoms with Crippen LogP contribution in [0.3, 0.4) is 0 Å². The standard InChI is InChI=1S/C17H12Br2N2O5/c18-5-1-3-6(4-2-5)20-17(24)9-11(22)7-8(12(9)23)14-15-10(13(7)25-14)16(19)21-26-15/h1-4,7-8,10,13-15,22H,(H,20,24). The number of benzene rings is 1. The first-order chi connectivity index (χ1) is 12.5. The van der Waals surface area contributed by atoms with Gasteiger partial charge in [-0.1, -0.05) is 21.1 Å². The van der Waals surface area contributed by atoms with Gasteiger partial charge in [-0.05, 0) is 40.2 Å². The first-order valence-corrected chi connectivity index (χ1v) is 9.65. The number of ether oxygens (including phenoxy) is 1. The van der Waals surface area contributed by atoms with E-state index in [0.29, 0.717) is 10.3 Å². The fourth-order valence-electron chi connectivity index (χ4n) is 4.36. The summed E-state index contributed by atoms with van der Waals surface area (Å²) < 4.78 is 7.37. The Morgan fingerprint density at radius 1 is 1.08 bits per heavy atom. The number of nitrogens with zero attached hydrogens (tertiary/aromatic N) is 1. The van der Waals surface area contributed by atoms with Crippen molar-refractivity contribution < 1.29 is 24.3 Å². The van der Waals surface area contributed by atoms with E-state index in [2.05, 4.69) is 42.3 Å².